The molecular formula is C13H17ClN4O. The van der Waals surface area contributed by atoms with Crippen molar-refractivity contribution in [3.63, 3.8) is 0 Å². The van der Waals surface area contributed by atoms with Crippen LogP contribution < -0.4 is 11.4 Å². The number of hydrogen-bond donors (Lipinski definition) is 2. The molecule has 19 heavy (non-hydrogen) atoms. The number of rotatable bonds is 4. The van der Waals surface area contributed by atoms with Crippen molar-refractivity contribution in [3.8, 4) is 5.69 Å². The summed E-state index contributed by atoms with van der Waals surface area (Å²) in [6.07, 6.45) is 0.755. The molecule has 1 atom stereocenters. The predicted octanol–water partition coefficient (Wildman–Crippen LogP) is 2.26. The lowest BCUT2D eigenvalue weighted by Crippen LogP contribution is -2.22. The number of nitrogens with one attached hydrogen (secondary N) is 1. The average molecular weight is 281 g/mol. The number of nitrogens with two attached hydrogens (primary N) is 1. The Labute approximate surface area is 116 Å². The van der Waals surface area contributed by atoms with E-state index >= 15 is 0 Å². The van der Waals surface area contributed by atoms with Crippen molar-refractivity contribution in [2.75, 3.05) is 0 Å². The fourth-order valence-corrected chi connectivity index (χ4v) is 2.22. The lowest BCUT2D eigenvalue weighted by Gasteiger charge is -2.14. The van der Waals surface area contributed by atoms with E-state index in [9.17, 15) is 4.79 Å². The molecule has 0 fully saturated rings. The molecule has 5 nitrogen and oxygen atoms in total. The fraction of sp³-hybridized carbons (Fsp3) is 0.385. The monoisotopic (exact) mass is 280 g/mol. The molecule has 0 bridgehead atoms. The third-order valence-corrected chi connectivity index (χ3v) is 3.06. The van der Waals surface area contributed by atoms with Crippen molar-refractivity contribution in [2.45, 2.75) is 26.3 Å². The third kappa shape index (κ3) is 3.05. The second kappa shape index (κ2) is 5.59. The first-order valence-electron chi connectivity index (χ1n) is 6.18. The molecular weight excluding hydrogens is 264 g/mol. The van der Waals surface area contributed by atoms with Crippen LogP contribution in [0.15, 0.2) is 29.1 Å². The Kier molecular flexibility index (Phi) is 4.07. The molecule has 0 aliphatic carbocycles. The standard InChI is InChI=1S/C13H17ClN4O/c1-8(2)6-11(15)12-16-17-13(19)18(12)10-5-3-4-9(14)7-10/h3-5,7-8,11H,6,15H2,1-2H3,(H,17,19)/t11-/m0/s1. The highest BCUT2D eigenvalue weighted by molar-refractivity contribution is 6.30. The number of aromatic amines is 1. The second-order valence-corrected chi connectivity index (χ2v) is 5.37. The van der Waals surface area contributed by atoms with Crippen molar-refractivity contribution in [1.29, 1.82) is 0 Å². The molecule has 1 heterocycles. The van der Waals surface area contributed by atoms with Crippen LogP contribution in [0.1, 0.15) is 32.1 Å². The van der Waals surface area contributed by atoms with Gasteiger partial charge >= 0.3 is 5.69 Å². The zero-order valence-corrected chi connectivity index (χ0v) is 11.7. The number of hydrogen-bond acceptors (Lipinski definition) is 3. The van der Waals surface area contributed by atoms with E-state index in [0.717, 1.165) is 6.42 Å². The van der Waals surface area contributed by atoms with Crippen LogP contribution in [0.5, 0.6) is 0 Å². The van der Waals surface area contributed by atoms with Gasteiger partial charge in [0.15, 0.2) is 5.82 Å². The molecule has 0 saturated carbocycles. The maximum atomic E-state index is 11.9. The summed E-state index contributed by atoms with van der Waals surface area (Å²) in [5.74, 6) is 0.954. The van der Waals surface area contributed by atoms with E-state index in [1.54, 1.807) is 24.3 Å². The molecule has 3 N–H and O–H groups in total. The smallest absolute Gasteiger partial charge is 0.321 e. The molecule has 1 aromatic carbocycles. The van der Waals surface area contributed by atoms with Crippen molar-refractivity contribution < 1.29 is 0 Å². The zero-order valence-electron chi connectivity index (χ0n) is 10.9. The Morgan fingerprint density at radius 2 is 2.21 bits per heavy atom. The minimum Gasteiger partial charge on any atom is -0.321 e. The summed E-state index contributed by atoms with van der Waals surface area (Å²) in [7, 11) is 0. The van der Waals surface area contributed by atoms with Gasteiger partial charge in [-0.05, 0) is 30.5 Å². The SMILES string of the molecule is CC(C)C[C@H](N)c1n[nH]c(=O)n1-c1cccc(Cl)c1. The zero-order chi connectivity index (χ0) is 14.0. The maximum absolute atomic E-state index is 11.9. The van der Waals surface area contributed by atoms with Crippen LogP contribution in [-0.2, 0) is 0 Å². The summed E-state index contributed by atoms with van der Waals surface area (Å²) >= 11 is 5.95. The van der Waals surface area contributed by atoms with Crippen molar-refractivity contribution in [2.24, 2.45) is 11.7 Å². The van der Waals surface area contributed by atoms with E-state index in [-0.39, 0.29) is 11.7 Å². The van der Waals surface area contributed by atoms with Gasteiger partial charge in [-0.15, -0.1) is 0 Å². The molecule has 102 valence electrons. The van der Waals surface area contributed by atoms with Gasteiger partial charge in [-0.1, -0.05) is 31.5 Å². The van der Waals surface area contributed by atoms with Crippen LogP contribution in [0.3, 0.4) is 0 Å². The minimum absolute atomic E-state index is 0.294. The molecule has 0 aliphatic heterocycles. The Bertz CT molecular complexity index is 617. The van der Waals surface area contributed by atoms with Crippen molar-refractivity contribution in [3.05, 3.63) is 45.6 Å². The van der Waals surface area contributed by atoms with Gasteiger partial charge in [0.2, 0.25) is 0 Å². The maximum Gasteiger partial charge on any atom is 0.347 e. The highest BCUT2D eigenvalue weighted by atomic mass is 35.5. The molecule has 0 saturated heterocycles. The first-order valence-corrected chi connectivity index (χ1v) is 6.55. The largest absolute Gasteiger partial charge is 0.347 e. The number of benzene rings is 1. The summed E-state index contributed by atoms with van der Waals surface area (Å²) in [4.78, 5) is 11.9. The number of aromatic nitrogens is 3. The van der Waals surface area contributed by atoms with E-state index in [1.807, 2.05) is 0 Å². The van der Waals surface area contributed by atoms with E-state index < -0.39 is 0 Å². The fourth-order valence-electron chi connectivity index (χ4n) is 2.04. The van der Waals surface area contributed by atoms with Gasteiger partial charge in [-0.3, -0.25) is 0 Å². The molecule has 0 unspecified atom stereocenters. The third-order valence-electron chi connectivity index (χ3n) is 2.82. The van der Waals surface area contributed by atoms with E-state index in [4.69, 9.17) is 17.3 Å². The normalized spacial score (nSPS) is 12.9. The molecule has 2 aromatic rings. The lowest BCUT2D eigenvalue weighted by molar-refractivity contribution is 0.487. The van der Waals surface area contributed by atoms with E-state index in [1.165, 1.54) is 4.57 Å². The topological polar surface area (TPSA) is 76.7 Å². The predicted molar refractivity (Wildman–Crippen MR) is 75.6 cm³/mol. The Hall–Kier alpha value is -1.59. The Morgan fingerprint density at radius 1 is 1.47 bits per heavy atom. The number of halogens is 1. The molecule has 2 rings (SSSR count). The van der Waals surface area contributed by atoms with Gasteiger partial charge in [0.1, 0.15) is 0 Å². The first kappa shape index (κ1) is 13.8. The van der Waals surface area contributed by atoms with Gasteiger partial charge in [-0.2, -0.15) is 5.10 Å². The van der Waals surface area contributed by atoms with Crippen LogP contribution in [0, 0.1) is 5.92 Å². The van der Waals surface area contributed by atoms with Crippen molar-refractivity contribution >= 4 is 11.6 Å². The summed E-state index contributed by atoms with van der Waals surface area (Å²) < 4.78 is 1.47. The second-order valence-electron chi connectivity index (χ2n) is 4.94. The highest BCUT2D eigenvalue weighted by Gasteiger charge is 2.18. The van der Waals surface area contributed by atoms with Crippen LogP contribution in [0.2, 0.25) is 5.02 Å². The van der Waals surface area contributed by atoms with Gasteiger partial charge in [-0.25, -0.2) is 14.5 Å². The first-order chi connectivity index (χ1) is 8.99. The Balaban J connectivity index is 2.46. The molecule has 0 aliphatic rings. The van der Waals surface area contributed by atoms with Crippen molar-refractivity contribution in [1.82, 2.24) is 14.8 Å². The molecule has 0 amide bonds. The van der Waals surface area contributed by atoms with Crippen LogP contribution in [0.4, 0.5) is 0 Å². The molecule has 0 radical (unpaired) electrons. The summed E-state index contributed by atoms with van der Waals surface area (Å²) in [6.45, 7) is 4.16. The van der Waals surface area contributed by atoms with Gasteiger partial charge in [0.05, 0.1) is 11.7 Å². The molecule has 6 heteroatoms. The quantitative estimate of drug-likeness (QED) is 0.902. The molecule has 0 spiro atoms. The number of nitrogens with zero attached hydrogens (tertiary/aromatic N) is 2. The van der Waals surface area contributed by atoms with Crippen LogP contribution >= 0.6 is 11.6 Å². The summed E-state index contributed by atoms with van der Waals surface area (Å²) in [5.41, 5.74) is 6.47. The van der Waals surface area contributed by atoms with Crippen LogP contribution in [0.25, 0.3) is 5.69 Å². The van der Waals surface area contributed by atoms with Gasteiger partial charge < -0.3 is 5.73 Å². The van der Waals surface area contributed by atoms with E-state index in [2.05, 4.69) is 24.0 Å². The van der Waals surface area contributed by atoms with Gasteiger partial charge in [0.25, 0.3) is 0 Å². The summed E-state index contributed by atoms with van der Waals surface area (Å²) in [6, 6.07) is 6.76. The highest BCUT2D eigenvalue weighted by Crippen LogP contribution is 2.20. The average Bonchev–Trinajstić information content (AvgIpc) is 2.70. The minimum atomic E-state index is -0.309. The number of H-pyrrole nitrogens is 1. The van der Waals surface area contributed by atoms with Gasteiger partial charge in [0, 0.05) is 5.02 Å². The summed E-state index contributed by atoms with van der Waals surface area (Å²) in [5, 5.41) is 7.04. The van der Waals surface area contributed by atoms with E-state index in [0.29, 0.717) is 22.5 Å². The molecule has 1 aromatic heterocycles. The Morgan fingerprint density at radius 3 is 2.84 bits per heavy atom. The lowest BCUT2D eigenvalue weighted by atomic mass is 10.0. The van der Waals surface area contributed by atoms with Crippen LogP contribution in [-0.4, -0.2) is 14.8 Å².